The second-order valence-electron chi connectivity index (χ2n) is 6.02. The SMILES string of the molecule is CN1CCC(C2(C3CCNCC3)OCCO2)CC1. The molecule has 104 valence electrons. The van der Waals surface area contributed by atoms with Crippen LogP contribution in [0.5, 0.6) is 0 Å². The van der Waals surface area contributed by atoms with E-state index in [0.29, 0.717) is 11.8 Å². The largest absolute Gasteiger partial charge is 0.347 e. The number of likely N-dealkylation sites (tertiary alicyclic amines) is 1. The fraction of sp³-hybridized carbons (Fsp3) is 1.00. The van der Waals surface area contributed by atoms with Crippen LogP contribution in [0.25, 0.3) is 0 Å². The summed E-state index contributed by atoms with van der Waals surface area (Å²) in [5.74, 6) is 0.942. The smallest absolute Gasteiger partial charge is 0.174 e. The van der Waals surface area contributed by atoms with Crippen molar-refractivity contribution >= 4 is 0 Å². The molecule has 4 nitrogen and oxygen atoms in total. The Morgan fingerprint density at radius 1 is 0.944 bits per heavy atom. The molecule has 0 aromatic carbocycles. The number of hydrogen-bond donors (Lipinski definition) is 1. The lowest BCUT2D eigenvalue weighted by Gasteiger charge is -2.46. The Bertz CT molecular complexity index is 265. The molecule has 0 radical (unpaired) electrons. The Labute approximate surface area is 110 Å². The maximum atomic E-state index is 6.19. The third-order valence-electron chi connectivity index (χ3n) is 4.93. The predicted octanol–water partition coefficient (Wildman–Crippen LogP) is 1.07. The summed E-state index contributed by atoms with van der Waals surface area (Å²) >= 11 is 0. The van der Waals surface area contributed by atoms with E-state index in [-0.39, 0.29) is 5.79 Å². The first-order chi connectivity index (χ1) is 8.81. The molecule has 0 amide bonds. The Hall–Kier alpha value is -0.160. The van der Waals surface area contributed by atoms with E-state index in [1.54, 1.807) is 0 Å². The minimum absolute atomic E-state index is 0.247. The molecule has 3 saturated heterocycles. The van der Waals surface area contributed by atoms with Gasteiger partial charge >= 0.3 is 0 Å². The normalized spacial score (nSPS) is 31.8. The van der Waals surface area contributed by atoms with Gasteiger partial charge in [-0.25, -0.2) is 0 Å². The van der Waals surface area contributed by atoms with Crippen LogP contribution in [0.4, 0.5) is 0 Å². The molecule has 1 N–H and O–H groups in total. The van der Waals surface area contributed by atoms with Crippen LogP contribution in [0, 0.1) is 11.8 Å². The lowest BCUT2D eigenvalue weighted by Crippen LogP contribution is -2.52. The molecule has 3 rings (SSSR count). The molecular formula is C14H26N2O2. The molecule has 0 unspecified atom stereocenters. The Morgan fingerprint density at radius 2 is 1.50 bits per heavy atom. The number of nitrogens with one attached hydrogen (secondary N) is 1. The highest BCUT2D eigenvalue weighted by atomic mass is 16.7. The quantitative estimate of drug-likeness (QED) is 0.799. The fourth-order valence-electron chi connectivity index (χ4n) is 3.88. The number of rotatable bonds is 2. The lowest BCUT2D eigenvalue weighted by molar-refractivity contribution is -0.242. The molecule has 0 atom stereocenters. The van der Waals surface area contributed by atoms with Crippen LogP contribution in [0.2, 0.25) is 0 Å². The Balaban J connectivity index is 1.73. The van der Waals surface area contributed by atoms with E-state index in [1.165, 1.54) is 38.8 Å². The van der Waals surface area contributed by atoms with Crippen LogP contribution in [0.1, 0.15) is 25.7 Å². The zero-order chi connectivity index (χ0) is 12.4. The van der Waals surface area contributed by atoms with Gasteiger partial charge in [0.15, 0.2) is 5.79 Å². The van der Waals surface area contributed by atoms with Gasteiger partial charge in [-0.1, -0.05) is 0 Å². The third-order valence-corrected chi connectivity index (χ3v) is 4.93. The summed E-state index contributed by atoms with van der Waals surface area (Å²) in [5.41, 5.74) is 0. The molecule has 0 saturated carbocycles. The fourth-order valence-corrected chi connectivity index (χ4v) is 3.88. The first-order valence-electron chi connectivity index (χ1n) is 7.48. The molecule has 3 aliphatic rings. The average molecular weight is 254 g/mol. The zero-order valence-electron chi connectivity index (χ0n) is 11.5. The Kier molecular flexibility index (Phi) is 3.89. The summed E-state index contributed by atoms with van der Waals surface area (Å²) in [6.07, 6.45) is 4.85. The molecular weight excluding hydrogens is 228 g/mol. The van der Waals surface area contributed by atoms with Crippen LogP contribution in [0.3, 0.4) is 0 Å². The molecule has 0 aromatic rings. The van der Waals surface area contributed by atoms with E-state index in [9.17, 15) is 0 Å². The summed E-state index contributed by atoms with van der Waals surface area (Å²) in [4.78, 5) is 2.42. The van der Waals surface area contributed by atoms with E-state index in [0.717, 1.165) is 26.3 Å². The van der Waals surface area contributed by atoms with Gasteiger partial charge < -0.3 is 19.7 Å². The van der Waals surface area contributed by atoms with E-state index in [4.69, 9.17) is 9.47 Å². The molecule has 0 aliphatic carbocycles. The third kappa shape index (κ3) is 2.31. The van der Waals surface area contributed by atoms with Crippen molar-refractivity contribution in [3.63, 3.8) is 0 Å². The predicted molar refractivity (Wildman–Crippen MR) is 70.4 cm³/mol. The van der Waals surface area contributed by atoms with Gasteiger partial charge in [0, 0.05) is 11.8 Å². The molecule has 4 heteroatoms. The van der Waals surface area contributed by atoms with Gasteiger partial charge in [0.05, 0.1) is 13.2 Å². The maximum Gasteiger partial charge on any atom is 0.174 e. The zero-order valence-corrected chi connectivity index (χ0v) is 11.5. The van der Waals surface area contributed by atoms with Crippen LogP contribution < -0.4 is 5.32 Å². The van der Waals surface area contributed by atoms with Crippen molar-refractivity contribution in [1.29, 1.82) is 0 Å². The van der Waals surface area contributed by atoms with Crippen LogP contribution in [-0.2, 0) is 9.47 Å². The van der Waals surface area contributed by atoms with E-state index >= 15 is 0 Å². The van der Waals surface area contributed by atoms with Crippen molar-refractivity contribution in [3.8, 4) is 0 Å². The summed E-state index contributed by atoms with van der Waals surface area (Å²) in [5, 5.41) is 3.45. The van der Waals surface area contributed by atoms with Gasteiger partial charge in [0.1, 0.15) is 0 Å². The van der Waals surface area contributed by atoms with Crippen LogP contribution in [-0.4, -0.2) is 57.1 Å². The van der Waals surface area contributed by atoms with Gasteiger partial charge in [-0.15, -0.1) is 0 Å². The summed E-state index contributed by atoms with van der Waals surface area (Å²) in [7, 11) is 2.21. The van der Waals surface area contributed by atoms with Crippen molar-refractivity contribution in [3.05, 3.63) is 0 Å². The monoisotopic (exact) mass is 254 g/mol. The van der Waals surface area contributed by atoms with E-state index in [1.807, 2.05) is 0 Å². The number of nitrogens with zero attached hydrogens (tertiary/aromatic N) is 1. The minimum atomic E-state index is -0.247. The van der Waals surface area contributed by atoms with Crippen molar-refractivity contribution in [2.24, 2.45) is 11.8 Å². The summed E-state index contributed by atoms with van der Waals surface area (Å²) in [6.45, 7) is 6.18. The van der Waals surface area contributed by atoms with Gasteiger partial charge in [-0.2, -0.15) is 0 Å². The number of hydrogen-bond acceptors (Lipinski definition) is 4. The highest BCUT2D eigenvalue weighted by Gasteiger charge is 2.50. The second-order valence-corrected chi connectivity index (χ2v) is 6.02. The molecule has 3 heterocycles. The summed E-state index contributed by atoms with van der Waals surface area (Å²) in [6, 6.07) is 0. The maximum absolute atomic E-state index is 6.19. The standard InChI is InChI=1S/C14H26N2O2/c1-16-8-4-13(5-9-16)14(17-10-11-18-14)12-2-6-15-7-3-12/h12-13,15H,2-11H2,1H3. The molecule has 0 bridgehead atoms. The first-order valence-corrected chi connectivity index (χ1v) is 7.48. The van der Waals surface area contributed by atoms with Crippen LogP contribution >= 0.6 is 0 Å². The molecule has 0 spiro atoms. The first kappa shape index (κ1) is 12.9. The van der Waals surface area contributed by atoms with Gasteiger partial charge in [0.2, 0.25) is 0 Å². The Morgan fingerprint density at radius 3 is 2.11 bits per heavy atom. The van der Waals surface area contributed by atoms with Gasteiger partial charge in [-0.05, 0) is 58.9 Å². The van der Waals surface area contributed by atoms with E-state index in [2.05, 4.69) is 17.3 Å². The highest BCUT2D eigenvalue weighted by Crippen LogP contribution is 2.43. The average Bonchev–Trinajstić information content (AvgIpc) is 2.91. The molecule has 18 heavy (non-hydrogen) atoms. The number of piperidine rings is 2. The second kappa shape index (κ2) is 5.45. The van der Waals surface area contributed by atoms with Crippen molar-refractivity contribution in [2.75, 3.05) is 46.4 Å². The van der Waals surface area contributed by atoms with Gasteiger partial charge in [0.25, 0.3) is 0 Å². The molecule has 0 aromatic heterocycles. The van der Waals surface area contributed by atoms with Crippen molar-refractivity contribution < 1.29 is 9.47 Å². The van der Waals surface area contributed by atoms with Crippen LogP contribution in [0.15, 0.2) is 0 Å². The van der Waals surface area contributed by atoms with Crippen molar-refractivity contribution in [2.45, 2.75) is 31.5 Å². The topological polar surface area (TPSA) is 33.7 Å². The minimum Gasteiger partial charge on any atom is -0.347 e. The summed E-state index contributed by atoms with van der Waals surface area (Å²) < 4.78 is 12.4. The lowest BCUT2D eigenvalue weighted by atomic mass is 9.77. The number of ether oxygens (including phenoxy) is 2. The highest BCUT2D eigenvalue weighted by molar-refractivity contribution is 4.93. The van der Waals surface area contributed by atoms with Gasteiger partial charge in [-0.3, -0.25) is 0 Å². The molecule has 3 fully saturated rings. The van der Waals surface area contributed by atoms with Crippen molar-refractivity contribution in [1.82, 2.24) is 10.2 Å². The molecule has 3 aliphatic heterocycles. The van der Waals surface area contributed by atoms with E-state index < -0.39 is 0 Å².